The number of carbonyl (C=O) groups excluding carboxylic acids is 1. The number of likely N-dealkylation sites (tertiary alicyclic amines) is 1. The van der Waals surface area contributed by atoms with Gasteiger partial charge < -0.3 is 9.42 Å². The second kappa shape index (κ2) is 6.89. The fourth-order valence-corrected chi connectivity index (χ4v) is 4.29. The predicted octanol–water partition coefficient (Wildman–Crippen LogP) is 3.86. The second-order valence-electron chi connectivity index (χ2n) is 7.94. The molecule has 0 spiro atoms. The van der Waals surface area contributed by atoms with Gasteiger partial charge in [-0.1, -0.05) is 53.7 Å². The SMILES string of the molecule is O=C(N1CCC(Cc2noc(-c3ccccc3)n2)C1)C1(c2ccccc2)CC1. The van der Waals surface area contributed by atoms with Crippen molar-refractivity contribution in [2.75, 3.05) is 13.1 Å². The van der Waals surface area contributed by atoms with Crippen LogP contribution in [0.1, 0.15) is 30.7 Å². The summed E-state index contributed by atoms with van der Waals surface area (Å²) in [5, 5.41) is 4.15. The Bertz CT molecular complexity index is 964. The molecule has 28 heavy (non-hydrogen) atoms. The van der Waals surface area contributed by atoms with Crippen LogP contribution in [0.2, 0.25) is 0 Å². The average molecular weight is 373 g/mol. The van der Waals surface area contributed by atoms with Crippen molar-refractivity contribution in [1.82, 2.24) is 15.0 Å². The van der Waals surface area contributed by atoms with E-state index >= 15 is 0 Å². The van der Waals surface area contributed by atoms with Crippen LogP contribution in [-0.4, -0.2) is 34.0 Å². The van der Waals surface area contributed by atoms with Gasteiger partial charge in [-0.3, -0.25) is 4.79 Å². The summed E-state index contributed by atoms with van der Waals surface area (Å²) < 4.78 is 5.42. The maximum atomic E-state index is 13.2. The Kier molecular flexibility index (Phi) is 4.23. The molecule has 1 aliphatic heterocycles. The highest BCUT2D eigenvalue weighted by atomic mass is 16.5. The highest BCUT2D eigenvalue weighted by molar-refractivity contribution is 5.91. The quantitative estimate of drug-likeness (QED) is 0.681. The normalized spacial score (nSPS) is 20.3. The third-order valence-electron chi connectivity index (χ3n) is 6.02. The van der Waals surface area contributed by atoms with Crippen molar-refractivity contribution in [3.8, 4) is 11.5 Å². The number of nitrogens with zero attached hydrogens (tertiary/aromatic N) is 3. The second-order valence-corrected chi connectivity index (χ2v) is 7.94. The lowest BCUT2D eigenvalue weighted by atomic mass is 9.94. The van der Waals surface area contributed by atoms with Crippen molar-refractivity contribution >= 4 is 5.91 Å². The molecule has 1 aromatic heterocycles. The summed E-state index contributed by atoms with van der Waals surface area (Å²) in [7, 11) is 0. The highest BCUT2D eigenvalue weighted by Gasteiger charge is 2.53. The number of carbonyl (C=O) groups is 1. The minimum Gasteiger partial charge on any atom is -0.342 e. The maximum absolute atomic E-state index is 13.2. The van der Waals surface area contributed by atoms with E-state index in [1.54, 1.807) is 0 Å². The van der Waals surface area contributed by atoms with Gasteiger partial charge in [0.2, 0.25) is 5.91 Å². The molecule has 1 aliphatic carbocycles. The average Bonchev–Trinajstić information content (AvgIpc) is 3.20. The van der Waals surface area contributed by atoms with Crippen molar-refractivity contribution in [3.63, 3.8) is 0 Å². The lowest BCUT2D eigenvalue weighted by Crippen LogP contribution is -2.38. The summed E-state index contributed by atoms with van der Waals surface area (Å²) >= 11 is 0. The Morgan fingerprint density at radius 1 is 1.07 bits per heavy atom. The summed E-state index contributed by atoms with van der Waals surface area (Å²) in [6.45, 7) is 1.60. The van der Waals surface area contributed by atoms with E-state index in [9.17, 15) is 4.79 Å². The molecule has 142 valence electrons. The molecule has 1 amide bonds. The van der Waals surface area contributed by atoms with Crippen molar-refractivity contribution in [1.29, 1.82) is 0 Å². The minimum atomic E-state index is -0.275. The van der Waals surface area contributed by atoms with E-state index in [0.717, 1.165) is 55.7 Å². The molecule has 2 heterocycles. The van der Waals surface area contributed by atoms with Gasteiger partial charge in [0.1, 0.15) is 0 Å². The van der Waals surface area contributed by atoms with Crippen molar-refractivity contribution in [2.45, 2.75) is 31.1 Å². The van der Waals surface area contributed by atoms with Crippen molar-refractivity contribution in [3.05, 3.63) is 72.1 Å². The first-order valence-electron chi connectivity index (χ1n) is 9.97. The van der Waals surface area contributed by atoms with Crippen LogP contribution < -0.4 is 0 Å². The van der Waals surface area contributed by atoms with E-state index in [-0.39, 0.29) is 5.41 Å². The lowest BCUT2D eigenvalue weighted by molar-refractivity contribution is -0.133. The highest BCUT2D eigenvalue weighted by Crippen LogP contribution is 2.50. The van der Waals surface area contributed by atoms with Crippen molar-refractivity contribution in [2.24, 2.45) is 5.92 Å². The topological polar surface area (TPSA) is 59.2 Å². The predicted molar refractivity (Wildman–Crippen MR) is 105 cm³/mol. The largest absolute Gasteiger partial charge is 0.342 e. The molecule has 0 radical (unpaired) electrons. The molecule has 1 saturated heterocycles. The van der Waals surface area contributed by atoms with Gasteiger partial charge in [0.25, 0.3) is 5.89 Å². The number of amides is 1. The van der Waals surface area contributed by atoms with Gasteiger partial charge in [0, 0.05) is 25.1 Å². The maximum Gasteiger partial charge on any atom is 0.257 e. The minimum absolute atomic E-state index is 0.275. The fourth-order valence-electron chi connectivity index (χ4n) is 4.29. The lowest BCUT2D eigenvalue weighted by Gasteiger charge is -2.23. The zero-order valence-corrected chi connectivity index (χ0v) is 15.8. The van der Waals surface area contributed by atoms with E-state index in [0.29, 0.717) is 17.7 Å². The zero-order valence-electron chi connectivity index (χ0n) is 15.8. The van der Waals surface area contributed by atoms with Gasteiger partial charge in [0.15, 0.2) is 5.82 Å². The van der Waals surface area contributed by atoms with Crippen LogP contribution in [0.5, 0.6) is 0 Å². The third-order valence-corrected chi connectivity index (χ3v) is 6.02. The fraction of sp³-hybridized carbons (Fsp3) is 0.348. The van der Waals surface area contributed by atoms with Crippen LogP contribution in [0.15, 0.2) is 65.2 Å². The summed E-state index contributed by atoms with van der Waals surface area (Å²) in [4.78, 5) is 19.8. The molecule has 5 heteroatoms. The smallest absolute Gasteiger partial charge is 0.257 e. The molecule has 0 N–H and O–H groups in total. The first-order valence-corrected chi connectivity index (χ1v) is 9.97. The van der Waals surface area contributed by atoms with Gasteiger partial charge in [-0.25, -0.2) is 0 Å². The molecule has 2 aliphatic rings. The van der Waals surface area contributed by atoms with Gasteiger partial charge in [-0.2, -0.15) is 4.98 Å². The van der Waals surface area contributed by atoms with Crippen LogP contribution in [0.25, 0.3) is 11.5 Å². The molecule has 5 rings (SSSR count). The molecule has 0 bridgehead atoms. The van der Waals surface area contributed by atoms with Crippen LogP contribution >= 0.6 is 0 Å². The molecule has 1 saturated carbocycles. The number of hydrogen-bond acceptors (Lipinski definition) is 4. The van der Waals surface area contributed by atoms with Gasteiger partial charge in [-0.05, 0) is 42.9 Å². The number of aromatic nitrogens is 2. The van der Waals surface area contributed by atoms with Crippen LogP contribution in [0.3, 0.4) is 0 Å². The molecular formula is C23H23N3O2. The van der Waals surface area contributed by atoms with E-state index < -0.39 is 0 Å². The van der Waals surface area contributed by atoms with Crippen LogP contribution in [0.4, 0.5) is 0 Å². The summed E-state index contributed by atoms with van der Waals surface area (Å²) in [6, 6.07) is 20.0. The first-order chi connectivity index (χ1) is 13.7. The standard InChI is InChI=1S/C23H23N3O2/c27-22(23(12-13-23)19-9-5-2-6-10-19)26-14-11-17(16-26)15-20-24-21(28-25-20)18-7-3-1-4-8-18/h1-10,17H,11-16H2. The van der Waals surface area contributed by atoms with E-state index in [1.165, 1.54) is 0 Å². The van der Waals surface area contributed by atoms with Gasteiger partial charge in [0.05, 0.1) is 5.41 Å². The summed E-state index contributed by atoms with van der Waals surface area (Å²) in [6.07, 6.45) is 3.66. The molecule has 5 nitrogen and oxygen atoms in total. The summed E-state index contributed by atoms with van der Waals surface area (Å²) in [5.41, 5.74) is 1.82. The van der Waals surface area contributed by atoms with Crippen LogP contribution in [0, 0.1) is 5.92 Å². The van der Waals surface area contributed by atoms with Gasteiger partial charge >= 0.3 is 0 Å². The molecule has 1 unspecified atom stereocenters. The molecular weight excluding hydrogens is 350 g/mol. The monoisotopic (exact) mass is 373 g/mol. The molecule has 3 aromatic rings. The third kappa shape index (κ3) is 3.11. The van der Waals surface area contributed by atoms with Gasteiger partial charge in [-0.15, -0.1) is 0 Å². The first kappa shape index (κ1) is 17.2. The zero-order chi connectivity index (χ0) is 19.0. The van der Waals surface area contributed by atoms with E-state index in [2.05, 4.69) is 22.3 Å². The van der Waals surface area contributed by atoms with Crippen LogP contribution in [-0.2, 0) is 16.6 Å². The van der Waals surface area contributed by atoms with E-state index in [1.807, 2.05) is 53.4 Å². The Morgan fingerprint density at radius 3 is 2.50 bits per heavy atom. The summed E-state index contributed by atoms with van der Waals surface area (Å²) in [5.74, 6) is 1.96. The Balaban J connectivity index is 1.23. The molecule has 2 fully saturated rings. The van der Waals surface area contributed by atoms with Crippen molar-refractivity contribution < 1.29 is 9.32 Å². The Labute approximate surface area is 164 Å². The molecule has 2 aromatic carbocycles. The Morgan fingerprint density at radius 2 is 1.79 bits per heavy atom. The Hall–Kier alpha value is -2.95. The number of benzene rings is 2. The molecule has 1 atom stereocenters. The van der Waals surface area contributed by atoms with E-state index in [4.69, 9.17) is 4.52 Å². The number of hydrogen-bond donors (Lipinski definition) is 0. The number of rotatable bonds is 5.